The molecule has 2 aliphatic rings. The number of likely N-dealkylation sites (tertiary alicyclic amines) is 2. The van der Waals surface area contributed by atoms with Crippen molar-refractivity contribution in [2.45, 2.75) is 45.9 Å². The molecule has 0 radical (unpaired) electrons. The van der Waals surface area contributed by atoms with E-state index in [1.165, 1.54) is 0 Å². The molecule has 3 N–H and O–H groups in total. The second-order valence-corrected chi connectivity index (χ2v) is 13.4. The highest BCUT2D eigenvalue weighted by atomic mass is 16.5. The van der Waals surface area contributed by atoms with Gasteiger partial charge < -0.3 is 28.8 Å². The average molecular weight is 689 g/mol. The van der Waals surface area contributed by atoms with E-state index in [2.05, 4.69) is 28.9 Å². The van der Waals surface area contributed by atoms with E-state index in [4.69, 9.17) is 29.5 Å². The topological polar surface area (TPSA) is 178 Å². The number of aliphatic hydroxyl groups is 1. The molecule has 2 atom stereocenters. The zero-order valence-corrected chi connectivity index (χ0v) is 28.9. The SMILES string of the molecule is COc1nc(-c2cccc(-c3cccc(-c4nc5c(=N)n(CCN6CC[C@@H](C(=O)O)C6)cc(C#N)c5o4)c3C)c2C)cnc1CN1CC[C@@H](O)C1. The van der Waals surface area contributed by atoms with Crippen molar-refractivity contribution in [3.8, 4) is 45.8 Å². The van der Waals surface area contributed by atoms with Crippen molar-refractivity contribution in [2.24, 2.45) is 5.92 Å². The number of aliphatic carboxylic acids is 1. The Morgan fingerprint density at radius 3 is 2.39 bits per heavy atom. The lowest BCUT2D eigenvalue weighted by atomic mass is 9.90. The van der Waals surface area contributed by atoms with Crippen LogP contribution in [0.5, 0.6) is 5.88 Å². The largest absolute Gasteiger partial charge is 0.481 e. The zero-order valence-electron chi connectivity index (χ0n) is 28.9. The fourth-order valence-corrected chi connectivity index (χ4v) is 7.27. The smallest absolute Gasteiger partial charge is 0.307 e. The molecule has 5 aromatic rings. The Bertz CT molecular complexity index is 2240. The molecule has 0 aliphatic carbocycles. The van der Waals surface area contributed by atoms with E-state index in [9.17, 15) is 20.3 Å². The number of benzene rings is 2. The maximum absolute atomic E-state index is 11.4. The summed E-state index contributed by atoms with van der Waals surface area (Å²) in [5.41, 5.74) is 7.98. The molecule has 51 heavy (non-hydrogen) atoms. The summed E-state index contributed by atoms with van der Waals surface area (Å²) in [5, 5.41) is 38.2. The molecule has 2 aliphatic heterocycles. The summed E-state index contributed by atoms with van der Waals surface area (Å²) in [7, 11) is 1.59. The van der Waals surface area contributed by atoms with Gasteiger partial charge >= 0.3 is 5.97 Å². The molecule has 2 fully saturated rings. The number of aliphatic hydroxyl groups excluding tert-OH is 1. The van der Waals surface area contributed by atoms with Crippen LogP contribution in [0, 0.1) is 36.5 Å². The van der Waals surface area contributed by atoms with Crippen LogP contribution in [0.2, 0.25) is 0 Å². The first-order chi connectivity index (χ1) is 24.6. The van der Waals surface area contributed by atoms with Gasteiger partial charge in [-0.3, -0.25) is 20.1 Å². The zero-order chi connectivity index (χ0) is 35.8. The maximum Gasteiger partial charge on any atom is 0.307 e. The van der Waals surface area contributed by atoms with Gasteiger partial charge in [0, 0.05) is 56.6 Å². The first-order valence-corrected chi connectivity index (χ1v) is 17.1. The van der Waals surface area contributed by atoms with Crippen LogP contribution >= 0.6 is 0 Å². The Hall–Kier alpha value is -5.42. The predicted octanol–water partition coefficient (Wildman–Crippen LogP) is 4.37. The first kappa shape index (κ1) is 34.0. The number of hydrogen-bond donors (Lipinski definition) is 3. The van der Waals surface area contributed by atoms with Crippen molar-refractivity contribution in [2.75, 3.05) is 39.8 Å². The number of carbonyl (C=O) groups is 1. The van der Waals surface area contributed by atoms with Crippen molar-refractivity contribution in [3.63, 3.8) is 0 Å². The number of carboxylic acids is 1. The molecule has 0 bridgehead atoms. The number of carboxylic acid groups (broad SMARTS) is 1. The number of aromatic nitrogens is 4. The van der Waals surface area contributed by atoms with Gasteiger partial charge in [0.15, 0.2) is 16.6 Å². The number of nitrogens with zero attached hydrogens (tertiary/aromatic N) is 7. The van der Waals surface area contributed by atoms with Crippen molar-refractivity contribution in [1.82, 2.24) is 29.3 Å². The molecule has 2 saturated heterocycles. The van der Waals surface area contributed by atoms with Gasteiger partial charge in [-0.15, -0.1) is 0 Å². The van der Waals surface area contributed by atoms with Crippen LogP contribution in [0.3, 0.4) is 0 Å². The standard InChI is InChI=1S/C38H40N8O5/c1-22-27(6-4-8-29(22)31-17-41-32(37(42-31)50-3)21-45-13-11-26(47)20-45)28-7-5-9-30(23(28)2)36-43-33-34(51-36)25(16-39)19-46(35(33)40)15-14-44-12-10-24(18-44)38(48)49/h4-9,17,19,24,26,40,47H,10-15,18,20-21H2,1-3H3,(H,48,49)/t24-,26-/m1/s1. The number of oxazole rings is 1. The molecular formula is C38H40N8O5. The lowest BCUT2D eigenvalue weighted by molar-refractivity contribution is -0.141. The third kappa shape index (κ3) is 6.61. The number of ether oxygens (including phenoxy) is 1. The van der Waals surface area contributed by atoms with E-state index < -0.39 is 5.97 Å². The third-order valence-electron chi connectivity index (χ3n) is 10.2. The van der Waals surface area contributed by atoms with E-state index in [0.29, 0.717) is 68.7 Å². The highest BCUT2D eigenvalue weighted by Gasteiger charge is 2.28. The summed E-state index contributed by atoms with van der Waals surface area (Å²) in [5.74, 6) is -0.381. The number of methoxy groups -OCH3 is 1. The van der Waals surface area contributed by atoms with Gasteiger partial charge in [-0.2, -0.15) is 5.26 Å². The molecule has 2 aromatic carbocycles. The van der Waals surface area contributed by atoms with E-state index in [1.54, 1.807) is 24.1 Å². The van der Waals surface area contributed by atoms with Gasteiger partial charge in [0.05, 0.1) is 31.0 Å². The summed E-state index contributed by atoms with van der Waals surface area (Å²) in [6.07, 6.45) is 4.42. The number of hydrogen-bond acceptors (Lipinski definition) is 11. The Morgan fingerprint density at radius 2 is 1.73 bits per heavy atom. The van der Waals surface area contributed by atoms with Crippen LogP contribution in [0.1, 0.15) is 35.2 Å². The second kappa shape index (κ2) is 14.1. The quantitative estimate of drug-likeness (QED) is 0.190. The molecule has 0 unspecified atom stereocenters. The number of pyridine rings is 1. The second-order valence-electron chi connectivity index (χ2n) is 13.4. The van der Waals surface area contributed by atoms with Gasteiger partial charge in [-0.1, -0.05) is 30.3 Å². The lowest BCUT2D eigenvalue weighted by Crippen LogP contribution is -2.30. The number of nitrogens with one attached hydrogen (secondary N) is 1. The van der Waals surface area contributed by atoms with E-state index in [-0.39, 0.29) is 28.7 Å². The minimum atomic E-state index is -0.784. The fourth-order valence-electron chi connectivity index (χ4n) is 7.27. The summed E-state index contributed by atoms with van der Waals surface area (Å²) in [6, 6.07) is 14.2. The molecular weight excluding hydrogens is 648 g/mol. The van der Waals surface area contributed by atoms with Gasteiger partial charge in [-0.05, 0) is 61.6 Å². The predicted molar refractivity (Wildman–Crippen MR) is 189 cm³/mol. The van der Waals surface area contributed by atoms with Crippen LogP contribution in [0.4, 0.5) is 0 Å². The third-order valence-corrected chi connectivity index (χ3v) is 10.2. The number of rotatable bonds is 10. The number of β-amino-alcohol motifs (C(OH)–C–C–N with tert-alkyl or cyclic N) is 1. The van der Waals surface area contributed by atoms with Crippen LogP contribution < -0.4 is 10.2 Å². The van der Waals surface area contributed by atoms with Crippen molar-refractivity contribution < 1.29 is 24.2 Å². The maximum atomic E-state index is 11.4. The minimum Gasteiger partial charge on any atom is -0.481 e. The molecule has 7 rings (SSSR count). The minimum absolute atomic E-state index is 0.130. The van der Waals surface area contributed by atoms with Crippen molar-refractivity contribution in [1.29, 1.82) is 10.7 Å². The fraction of sp³-hybridized carbons (Fsp3) is 0.368. The highest BCUT2D eigenvalue weighted by molar-refractivity contribution is 5.84. The van der Waals surface area contributed by atoms with Gasteiger partial charge in [0.25, 0.3) is 0 Å². The van der Waals surface area contributed by atoms with Crippen molar-refractivity contribution >= 4 is 17.1 Å². The summed E-state index contributed by atoms with van der Waals surface area (Å²) in [6.45, 7) is 8.17. The van der Waals surface area contributed by atoms with E-state index in [0.717, 1.165) is 52.0 Å². The first-order valence-electron chi connectivity index (χ1n) is 17.1. The molecule has 262 valence electrons. The van der Waals surface area contributed by atoms with Crippen LogP contribution in [-0.2, 0) is 17.9 Å². The summed E-state index contributed by atoms with van der Waals surface area (Å²) in [4.78, 5) is 29.9. The Labute approximate surface area is 294 Å². The van der Waals surface area contributed by atoms with Gasteiger partial charge in [0.1, 0.15) is 17.3 Å². The molecule has 13 heteroatoms. The number of fused-ring (bicyclic) bond motifs is 1. The number of nitriles is 1. The summed E-state index contributed by atoms with van der Waals surface area (Å²) < 4.78 is 13.6. The van der Waals surface area contributed by atoms with E-state index >= 15 is 0 Å². The summed E-state index contributed by atoms with van der Waals surface area (Å²) >= 11 is 0. The average Bonchev–Trinajstić information content (AvgIpc) is 3.89. The lowest BCUT2D eigenvalue weighted by Gasteiger charge is -2.17. The van der Waals surface area contributed by atoms with E-state index in [1.807, 2.05) is 37.3 Å². The normalized spacial score (nSPS) is 18.0. The van der Waals surface area contributed by atoms with Gasteiger partial charge in [0.2, 0.25) is 11.8 Å². The van der Waals surface area contributed by atoms with Crippen LogP contribution in [-0.4, -0.2) is 91.4 Å². The molecule has 0 spiro atoms. The van der Waals surface area contributed by atoms with Gasteiger partial charge in [-0.25, -0.2) is 9.97 Å². The molecule has 3 aromatic heterocycles. The van der Waals surface area contributed by atoms with Crippen LogP contribution in [0.15, 0.2) is 53.2 Å². The van der Waals surface area contributed by atoms with Crippen molar-refractivity contribution in [3.05, 3.63) is 76.7 Å². The van der Waals surface area contributed by atoms with Crippen LogP contribution in [0.25, 0.3) is 44.9 Å². The highest BCUT2D eigenvalue weighted by Crippen LogP contribution is 2.37. The molecule has 5 heterocycles. The Morgan fingerprint density at radius 1 is 1.02 bits per heavy atom. The Balaban J connectivity index is 1.19. The molecule has 13 nitrogen and oxygen atoms in total. The Kier molecular flexibility index (Phi) is 9.39. The molecule has 0 saturated carbocycles. The monoisotopic (exact) mass is 688 g/mol. The molecule has 0 amide bonds.